The summed E-state index contributed by atoms with van der Waals surface area (Å²) < 4.78 is 27.1. The molecule has 116 valence electrons. The molecule has 0 aliphatic carbocycles. The SMILES string of the molecule is CCN(CC)CCCNS(=O)(=O)c1cc(C)c(CO)s1. The van der Waals surface area contributed by atoms with Crippen LogP contribution in [0.25, 0.3) is 0 Å². The van der Waals surface area contributed by atoms with Crippen molar-refractivity contribution in [2.45, 2.75) is 38.0 Å². The van der Waals surface area contributed by atoms with Crippen molar-refractivity contribution < 1.29 is 13.5 Å². The summed E-state index contributed by atoms with van der Waals surface area (Å²) in [5.74, 6) is 0. The van der Waals surface area contributed by atoms with Gasteiger partial charge in [-0.2, -0.15) is 0 Å². The standard InChI is InChI=1S/C13H24N2O3S2/c1-4-15(5-2)8-6-7-14-20(17,18)13-9-11(3)12(10-16)19-13/h9,14,16H,4-8,10H2,1-3H3. The van der Waals surface area contributed by atoms with Crippen LogP contribution in [0.5, 0.6) is 0 Å². The Labute approximate surface area is 125 Å². The summed E-state index contributed by atoms with van der Waals surface area (Å²) in [7, 11) is -3.44. The highest BCUT2D eigenvalue weighted by Crippen LogP contribution is 2.25. The molecule has 2 N–H and O–H groups in total. The van der Waals surface area contributed by atoms with Crippen molar-refractivity contribution >= 4 is 21.4 Å². The van der Waals surface area contributed by atoms with Gasteiger partial charge in [0.2, 0.25) is 10.0 Å². The van der Waals surface area contributed by atoms with Gasteiger partial charge in [0, 0.05) is 11.4 Å². The Balaban J connectivity index is 2.53. The average molecular weight is 320 g/mol. The molecule has 0 aliphatic rings. The van der Waals surface area contributed by atoms with E-state index < -0.39 is 10.0 Å². The Hall–Kier alpha value is -0.470. The number of rotatable bonds is 9. The van der Waals surface area contributed by atoms with Gasteiger partial charge in [0.25, 0.3) is 0 Å². The van der Waals surface area contributed by atoms with Gasteiger partial charge < -0.3 is 10.0 Å². The van der Waals surface area contributed by atoms with Crippen LogP contribution < -0.4 is 4.72 Å². The predicted molar refractivity (Wildman–Crippen MR) is 82.6 cm³/mol. The van der Waals surface area contributed by atoms with Crippen LogP contribution in [0.1, 0.15) is 30.7 Å². The van der Waals surface area contributed by atoms with E-state index in [0.717, 1.165) is 43.0 Å². The van der Waals surface area contributed by atoms with E-state index >= 15 is 0 Å². The molecular formula is C13H24N2O3S2. The summed E-state index contributed by atoms with van der Waals surface area (Å²) in [5.41, 5.74) is 0.820. The number of nitrogens with zero attached hydrogens (tertiary/aromatic N) is 1. The largest absolute Gasteiger partial charge is 0.391 e. The van der Waals surface area contributed by atoms with Crippen molar-refractivity contribution in [3.05, 3.63) is 16.5 Å². The van der Waals surface area contributed by atoms with Crippen LogP contribution in [0.3, 0.4) is 0 Å². The third kappa shape index (κ3) is 4.82. The number of nitrogens with one attached hydrogen (secondary N) is 1. The monoisotopic (exact) mass is 320 g/mol. The third-order valence-electron chi connectivity index (χ3n) is 3.24. The third-order valence-corrected chi connectivity index (χ3v) is 6.40. The van der Waals surface area contributed by atoms with Gasteiger partial charge in [-0.25, -0.2) is 13.1 Å². The lowest BCUT2D eigenvalue weighted by atomic mass is 10.3. The lowest BCUT2D eigenvalue weighted by Gasteiger charge is -2.17. The Morgan fingerprint density at radius 2 is 2.00 bits per heavy atom. The van der Waals surface area contributed by atoms with Gasteiger partial charge >= 0.3 is 0 Å². The molecule has 0 radical (unpaired) electrons. The molecule has 0 atom stereocenters. The molecule has 20 heavy (non-hydrogen) atoms. The number of aryl methyl sites for hydroxylation is 1. The Morgan fingerprint density at radius 1 is 1.35 bits per heavy atom. The molecule has 0 saturated heterocycles. The molecule has 5 nitrogen and oxygen atoms in total. The van der Waals surface area contributed by atoms with Crippen molar-refractivity contribution in [2.24, 2.45) is 0 Å². The molecular weight excluding hydrogens is 296 g/mol. The summed E-state index contributed by atoms with van der Waals surface area (Å²) in [5, 5.41) is 9.12. The molecule has 1 aromatic rings. The van der Waals surface area contributed by atoms with Crippen LogP contribution in [-0.2, 0) is 16.6 Å². The van der Waals surface area contributed by atoms with Crippen molar-refractivity contribution in [3.8, 4) is 0 Å². The lowest BCUT2D eigenvalue weighted by Crippen LogP contribution is -2.29. The fourth-order valence-electron chi connectivity index (χ4n) is 1.90. The van der Waals surface area contributed by atoms with E-state index in [0.29, 0.717) is 11.4 Å². The second kappa shape index (κ2) is 8.09. The summed E-state index contributed by atoms with van der Waals surface area (Å²) in [4.78, 5) is 2.96. The summed E-state index contributed by atoms with van der Waals surface area (Å²) in [6.07, 6.45) is 0.790. The maximum atomic E-state index is 12.1. The summed E-state index contributed by atoms with van der Waals surface area (Å²) >= 11 is 1.13. The summed E-state index contributed by atoms with van der Waals surface area (Å²) in [6, 6.07) is 1.61. The maximum Gasteiger partial charge on any atom is 0.250 e. The molecule has 1 heterocycles. The van der Waals surface area contributed by atoms with Gasteiger partial charge in [0.05, 0.1) is 6.61 Å². The minimum atomic E-state index is -3.44. The topological polar surface area (TPSA) is 69.6 Å². The van der Waals surface area contributed by atoms with Gasteiger partial charge in [-0.15, -0.1) is 11.3 Å². The number of aliphatic hydroxyl groups excluding tert-OH is 1. The lowest BCUT2D eigenvalue weighted by molar-refractivity contribution is 0.285. The van der Waals surface area contributed by atoms with Crippen molar-refractivity contribution in [3.63, 3.8) is 0 Å². The van der Waals surface area contributed by atoms with Gasteiger partial charge in [0.1, 0.15) is 4.21 Å². The number of thiophene rings is 1. The minimum Gasteiger partial charge on any atom is -0.391 e. The van der Waals surface area contributed by atoms with Gasteiger partial charge in [-0.05, 0) is 44.6 Å². The van der Waals surface area contributed by atoms with Crippen LogP contribution in [0.15, 0.2) is 10.3 Å². The molecule has 0 saturated carbocycles. The van der Waals surface area contributed by atoms with E-state index in [-0.39, 0.29) is 10.8 Å². The van der Waals surface area contributed by atoms with Crippen molar-refractivity contribution in [2.75, 3.05) is 26.2 Å². The highest BCUT2D eigenvalue weighted by molar-refractivity contribution is 7.91. The highest BCUT2D eigenvalue weighted by Gasteiger charge is 2.18. The number of sulfonamides is 1. The highest BCUT2D eigenvalue weighted by atomic mass is 32.2. The van der Waals surface area contributed by atoms with Crippen LogP contribution in [0, 0.1) is 6.92 Å². The average Bonchev–Trinajstić information content (AvgIpc) is 2.81. The quantitative estimate of drug-likeness (QED) is 0.678. The van der Waals surface area contributed by atoms with Crippen LogP contribution in [0.2, 0.25) is 0 Å². The molecule has 1 aromatic heterocycles. The number of aliphatic hydroxyl groups is 1. The zero-order chi connectivity index (χ0) is 15.2. The van der Waals surface area contributed by atoms with Crippen LogP contribution in [0.4, 0.5) is 0 Å². The predicted octanol–water partition coefficient (Wildman–Crippen LogP) is 1.56. The van der Waals surface area contributed by atoms with Crippen molar-refractivity contribution in [1.29, 1.82) is 0 Å². The van der Waals surface area contributed by atoms with Crippen LogP contribution in [-0.4, -0.2) is 44.6 Å². The summed E-state index contributed by atoms with van der Waals surface area (Å²) in [6.45, 7) is 9.16. The molecule has 1 rings (SSSR count). The van der Waals surface area contributed by atoms with E-state index in [1.54, 1.807) is 13.0 Å². The molecule has 0 bridgehead atoms. The van der Waals surface area contributed by atoms with Crippen molar-refractivity contribution in [1.82, 2.24) is 9.62 Å². The van der Waals surface area contributed by atoms with Gasteiger partial charge in [-0.3, -0.25) is 0 Å². The molecule has 0 unspecified atom stereocenters. The smallest absolute Gasteiger partial charge is 0.250 e. The number of hydrogen-bond donors (Lipinski definition) is 2. The Morgan fingerprint density at radius 3 is 2.50 bits per heavy atom. The Kier molecular flexibility index (Phi) is 7.11. The normalized spacial score (nSPS) is 12.2. The second-order valence-electron chi connectivity index (χ2n) is 4.61. The zero-order valence-corrected chi connectivity index (χ0v) is 14.0. The molecule has 0 aromatic carbocycles. The van der Waals surface area contributed by atoms with E-state index in [2.05, 4.69) is 23.5 Å². The first kappa shape index (κ1) is 17.6. The molecule has 0 aliphatic heterocycles. The first-order chi connectivity index (χ1) is 9.44. The first-order valence-electron chi connectivity index (χ1n) is 6.86. The van der Waals surface area contributed by atoms with E-state index in [9.17, 15) is 8.42 Å². The fraction of sp³-hybridized carbons (Fsp3) is 0.692. The van der Waals surface area contributed by atoms with Gasteiger partial charge in [-0.1, -0.05) is 13.8 Å². The van der Waals surface area contributed by atoms with E-state index in [1.807, 2.05) is 0 Å². The molecule has 0 spiro atoms. The minimum absolute atomic E-state index is 0.117. The maximum absolute atomic E-state index is 12.1. The molecule has 7 heteroatoms. The first-order valence-corrected chi connectivity index (χ1v) is 9.16. The molecule has 0 fully saturated rings. The van der Waals surface area contributed by atoms with Gasteiger partial charge in [0.15, 0.2) is 0 Å². The van der Waals surface area contributed by atoms with E-state index in [1.165, 1.54) is 0 Å². The van der Waals surface area contributed by atoms with E-state index in [4.69, 9.17) is 5.11 Å². The second-order valence-corrected chi connectivity index (χ2v) is 7.74. The fourth-order valence-corrected chi connectivity index (χ4v) is 4.47. The number of hydrogen-bond acceptors (Lipinski definition) is 5. The molecule has 0 amide bonds. The van der Waals surface area contributed by atoms with Crippen LogP contribution >= 0.6 is 11.3 Å². The zero-order valence-electron chi connectivity index (χ0n) is 12.3. The Bertz CT molecular complexity index is 508.